The average Bonchev–Trinajstić information content (AvgIpc) is 2.90. The molecule has 3 aromatic carbocycles. The minimum atomic E-state index is -1.31. The first-order valence-corrected chi connectivity index (χ1v) is 12.8. The molecule has 0 spiro atoms. The van der Waals surface area contributed by atoms with Gasteiger partial charge in [0.25, 0.3) is 5.91 Å². The molecule has 8 nitrogen and oxygen atoms in total. The summed E-state index contributed by atoms with van der Waals surface area (Å²) in [5.41, 5.74) is 2.82. The summed E-state index contributed by atoms with van der Waals surface area (Å²) in [6.45, 7) is 4.23. The van der Waals surface area contributed by atoms with Crippen LogP contribution in [0, 0.1) is 0 Å². The molecule has 0 aliphatic heterocycles. The van der Waals surface area contributed by atoms with E-state index >= 15 is 0 Å². The number of ether oxygens (including phenoxy) is 3. The van der Waals surface area contributed by atoms with Crippen LogP contribution in [0.15, 0.2) is 48.5 Å². The fourth-order valence-electron chi connectivity index (χ4n) is 4.14. The second kappa shape index (κ2) is 13.5. The molecule has 0 bridgehead atoms. The van der Waals surface area contributed by atoms with E-state index in [9.17, 15) is 19.5 Å². The third-order valence-corrected chi connectivity index (χ3v) is 6.63. The zero-order valence-corrected chi connectivity index (χ0v) is 23.5. The normalized spacial score (nSPS) is 11.5. The van der Waals surface area contributed by atoms with Crippen molar-refractivity contribution in [2.75, 3.05) is 20.8 Å². The lowest BCUT2D eigenvalue weighted by molar-refractivity contribution is -0.139. The highest BCUT2D eigenvalue weighted by molar-refractivity contribution is 6.39. The molecular weight excluding hydrogens is 545 g/mol. The Morgan fingerprint density at radius 1 is 0.949 bits per heavy atom. The van der Waals surface area contributed by atoms with Crippen LogP contribution in [-0.2, 0) is 22.6 Å². The van der Waals surface area contributed by atoms with Crippen molar-refractivity contribution in [2.24, 2.45) is 0 Å². The van der Waals surface area contributed by atoms with Crippen molar-refractivity contribution in [2.45, 2.75) is 32.9 Å². The van der Waals surface area contributed by atoms with E-state index in [2.05, 4.69) is 5.32 Å². The highest BCUT2D eigenvalue weighted by Gasteiger charge is 2.25. The smallest absolute Gasteiger partial charge is 0.326 e. The number of methoxy groups -OCH3 is 2. The number of hydrogen-bond acceptors (Lipinski definition) is 6. The van der Waals surface area contributed by atoms with Crippen molar-refractivity contribution in [1.82, 2.24) is 5.32 Å². The van der Waals surface area contributed by atoms with Crippen LogP contribution in [0.5, 0.6) is 11.5 Å². The minimum absolute atomic E-state index is 0.0150. The highest BCUT2D eigenvalue weighted by Crippen LogP contribution is 2.42. The number of amides is 1. The first-order valence-electron chi connectivity index (χ1n) is 12.1. The van der Waals surface area contributed by atoms with E-state index in [1.165, 1.54) is 33.3 Å². The van der Waals surface area contributed by atoms with Crippen LogP contribution in [-0.4, -0.2) is 49.6 Å². The lowest BCUT2D eigenvalue weighted by Gasteiger charge is -2.19. The number of rotatable bonds is 12. The number of ketones is 1. The van der Waals surface area contributed by atoms with E-state index in [-0.39, 0.29) is 27.8 Å². The molecule has 3 rings (SSSR count). The SMILES string of the molecule is CCOCc1cc(OC)c(-c2ccc(CC(NC(=O)c3c(Cl)cccc3Cl)C(=O)O)cc2C(C)=O)c(OC)c1. The molecule has 2 N–H and O–H groups in total. The largest absolute Gasteiger partial charge is 0.496 e. The van der Waals surface area contributed by atoms with Gasteiger partial charge < -0.3 is 24.6 Å². The fourth-order valence-corrected chi connectivity index (χ4v) is 4.71. The summed E-state index contributed by atoms with van der Waals surface area (Å²) in [6, 6.07) is 11.9. The Morgan fingerprint density at radius 2 is 1.56 bits per heavy atom. The van der Waals surface area contributed by atoms with Crippen molar-refractivity contribution < 1.29 is 33.7 Å². The Labute approximate surface area is 236 Å². The molecule has 0 aliphatic rings. The van der Waals surface area contributed by atoms with Crippen LogP contribution < -0.4 is 14.8 Å². The van der Waals surface area contributed by atoms with Crippen molar-refractivity contribution in [3.8, 4) is 22.6 Å². The first kappa shape index (κ1) is 30.0. The Balaban J connectivity index is 1.99. The second-order valence-corrected chi connectivity index (χ2v) is 9.43. The molecule has 3 aromatic rings. The molecule has 0 saturated heterocycles. The maximum Gasteiger partial charge on any atom is 0.326 e. The number of carbonyl (C=O) groups is 3. The molecule has 0 radical (unpaired) electrons. The summed E-state index contributed by atoms with van der Waals surface area (Å²) >= 11 is 12.2. The maximum atomic E-state index is 12.8. The van der Waals surface area contributed by atoms with Crippen LogP contribution in [0.4, 0.5) is 0 Å². The van der Waals surface area contributed by atoms with Crippen molar-refractivity contribution in [3.63, 3.8) is 0 Å². The summed E-state index contributed by atoms with van der Waals surface area (Å²) in [7, 11) is 3.05. The quantitative estimate of drug-likeness (QED) is 0.262. The van der Waals surface area contributed by atoms with Gasteiger partial charge in [0.05, 0.1) is 42.0 Å². The topological polar surface area (TPSA) is 111 Å². The number of carbonyl (C=O) groups excluding carboxylic acids is 2. The number of nitrogens with one attached hydrogen (secondary N) is 1. The third-order valence-electron chi connectivity index (χ3n) is 6.00. The third kappa shape index (κ3) is 7.09. The van der Waals surface area contributed by atoms with Gasteiger partial charge in [-0.3, -0.25) is 9.59 Å². The van der Waals surface area contributed by atoms with Crippen LogP contribution in [0.25, 0.3) is 11.1 Å². The Morgan fingerprint density at radius 3 is 2.08 bits per heavy atom. The van der Waals surface area contributed by atoms with Gasteiger partial charge in [-0.25, -0.2) is 4.79 Å². The van der Waals surface area contributed by atoms with E-state index in [0.29, 0.717) is 47.0 Å². The van der Waals surface area contributed by atoms with Crippen molar-refractivity contribution in [3.05, 3.63) is 80.8 Å². The zero-order valence-electron chi connectivity index (χ0n) is 22.0. The number of carboxylic acids is 1. The number of hydrogen-bond donors (Lipinski definition) is 2. The number of carboxylic acid groups (broad SMARTS) is 1. The van der Waals surface area contributed by atoms with Gasteiger partial charge in [0.2, 0.25) is 0 Å². The van der Waals surface area contributed by atoms with Gasteiger partial charge in [0, 0.05) is 18.6 Å². The summed E-state index contributed by atoms with van der Waals surface area (Å²) < 4.78 is 16.8. The molecule has 1 unspecified atom stereocenters. The summed E-state index contributed by atoms with van der Waals surface area (Å²) in [5, 5.41) is 12.5. The Kier molecular flexibility index (Phi) is 10.3. The van der Waals surface area contributed by atoms with Crippen molar-refractivity contribution >= 4 is 40.9 Å². The van der Waals surface area contributed by atoms with E-state index in [0.717, 1.165) is 5.56 Å². The number of Topliss-reactive ketones (excluding diaryl/α,β-unsaturated/α-hetero) is 1. The predicted octanol–water partition coefficient (Wildman–Crippen LogP) is 5.84. The van der Waals surface area contributed by atoms with Gasteiger partial charge >= 0.3 is 5.97 Å². The molecule has 206 valence electrons. The van der Waals surface area contributed by atoms with E-state index < -0.39 is 17.9 Å². The highest BCUT2D eigenvalue weighted by atomic mass is 35.5. The zero-order chi connectivity index (χ0) is 28.7. The number of aliphatic carboxylic acids is 1. The van der Waals surface area contributed by atoms with E-state index in [1.54, 1.807) is 24.3 Å². The lowest BCUT2D eigenvalue weighted by Crippen LogP contribution is -2.42. The van der Waals surface area contributed by atoms with Crippen LogP contribution in [0.3, 0.4) is 0 Å². The van der Waals surface area contributed by atoms with Crippen LogP contribution >= 0.6 is 23.2 Å². The molecule has 0 saturated carbocycles. The fraction of sp³-hybridized carbons (Fsp3) is 0.276. The molecule has 0 aliphatic carbocycles. The lowest BCUT2D eigenvalue weighted by atomic mass is 9.91. The van der Waals surface area contributed by atoms with Crippen LogP contribution in [0.2, 0.25) is 10.0 Å². The molecule has 0 aromatic heterocycles. The van der Waals surface area contributed by atoms with Crippen LogP contribution in [0.1, 0.15) is 45.7 Å². The maximum absolute atomic E-state index is 12.8. The minimum Gasteiger partial charge on any atom is -0.496 e. The number of halogens is 2. The second-order valence-electron chi connectivity index (χ2n) is 8.61. The molecule has 0 fully saturated rings. The van der Waals surface area contributed by atoms with Crippen molar-refractivity contribution in [1.29, 1.82) is 0 Å². The summed E-state index contributed by atoms with van der Waals surface area (Å²) in [5.74, 6) is -1.23. The van der Waals surface area contributed by atoms with Gasteiger partial charge in [0.1, 0.15) is 17.5 Å². The van der Waals surface area contributed by atoms with Gasteiger partial charge in [-0.2, -0.15) is 0 Å². The number of benzene rings is 3. The molecule has 0 heterocycles. The molecule has 1 amide bonds. The van der Waals surface area contributed by atoms with E-state index in [1.807, 2.05) is 19.1 Å². The monoisotopic (exact) mass is 573 g/mol. The van der Waals surface area contributed by atoms with Gasteiger partial charge in [-0.1, -0.05) is 41.4 Å². The van der Waals surface area contributed by atoms with Gasteiger partial charge in [-0.15, -0.1) is 0 Å². The molecular formula is C29H29Cl2NO7. The standard InChI is InChI=1S/C29H29Cl2NO7/c1-5-39-15-18-13-24(37-3)26(25(14-18)38-4)19-10-9-17(11-20(19)16(2)33)12-23(29(35)36)32-28(34)27-21(30)7-6-8-22(27)31/h6-11,13-14,23H,5,12,15H2,1-4H3,(H,32,34)(H,35,36). The summed E-state index contributed by atoms with van der Waals surface area (Å²) in [4.78, 5) is 37.6. The Hall–Kier alpha value is -3.59. The first-order chi connectivity index (χ1) is 18.6. The molecule has 1 atom stereocenters. The predicted molar refractivity (Wildman–Crippen MR) is 149 cm³/mol. The summed E-state index contributed by atoms with van der Waals surface area (Å²) in [6.07, 6.45) is -0.0920. The van der Waals surface area contributed by atoms with Gasteiger partial charge in [-0.05, 0) is 60.9 Å². The van der Waals surface area contributed by atoms with Gasteiger partial charge in [0.15, 0.2) is 5.78 Å². The molecule has 10 heteroatoms. The van der Waals surface area contributed by atoms with E-state index in [4.69, 9.17) is 37.4 Å². The average molecular weight is 574 g/mol. The Bertz CT molecular complexity index is 1340. The molecule has 39 heavy (non-hydrogen) atoms.